The molecule has 1 saturated carbocycles. The number of aromatic nitrogens is 5. The number of hydrogen-bond acceptors (Lipinski definition) is 5. The number of nitrogens with one attached hydrogen (secondary N) is 1. The van der Waals surface area contributed by atoms with E-state index in [-0.39, 0.29) is 35.4 Å². The number of nitrogens with zero attached hydrogens (tertiary/aromatic N) is 5. The van der Waals surface area contributed by atoms with E-state index in [9.17, 15) is 13.6 Å². The van der Waals surface area contributed by atoms with E-state index in [4.69, 9.17) is 9.72 Å². The maximum absolute atomic E-state index is 13.8. The third-order valence-corrected chi connectivity index (χ3v) is 7.92. The van der Waals surface area contributed by atoms with Crippen LogP contribution >= 0.6 is 0 Å². The van der Waals surface area contributed by atoms with E-state index in [1.165, 1.54) is 6.20 Å². The van der Waals surface area contributed by atoms with Gasteiger partial charge >= 0.3 is 0 Å². The van der Waals surface area contributed by atoms with Crippen molar-refractivity contribution in [3.05, 3.63) is 41.6 Å². The highest BCUT2D eigenvalue weighted by Gasteiger charge is 2.36. The molecule has 3 aromatic heterocycles. The average molecular weight is 485 g/mol. The zero-order chi connectivity index (χ0) is 24.1. The number of hydrogen-bond donors (Lipinski definition) is 1. The molecule has 3 aromatic rings. The van der Waals surface area contributed by atoms with Crippen LogP contribution in [0.1, 0.15) is 98.4 Å². The molecule has 35 heavy (non-hydrogen) atoms. The topological polar surface area (TPSA) is 86.3 Å². The van der Waals surface area contributed by atoms with Crippen molar-refractivity contribution in [3.63, 3.8) is 0 Å². The minimum Gasteiger partial charge on any atom is -0.375 e. The van der Waals surface area contributed by atoms with Crippen molar-refractivity contribution in [3.8, 4) is 0 Å². The van der Waals surface area contributed by atoms with Crippen LogP contribution in [0.4, 0.5) is 14.5 Å². The van der Waals surface area contributed by atoms with Crippen molar-refractivity contribution in [2.75, 3.05) is 5.32 Å². The molecule has 3 aliphatic rings. The fourth-order valence-electron chi connectivity index (χ4n) is 5.92. The fraction of sp³-hybridized carbons (Fsp3) is 0.600. The molecule has 2 bridgehead atoms. The molecule has 8 nitrogen and oxygen atoms in total. The molecule has 3 atom stereocenters. The first-order valence-electron chi connectivity index (χ1n) is 12.6. The predicted octanol–water partition coefficient (Wildman–Crippen LogP) is 5.29. The second-order valence-electron chi connectivity index (χ2n) is 10.4. The number of amides is 1. The maximum atomic E-state index is 13.8. The Labute approximate surface area is 202 Å². The molecule has 6 rings (SSSR count). The quantitative estimate of drug-likeness (QED) is 0.532. The first-order chi connectivity index (χ1) is 16.9. The van der Waals surface area contributed by atoms with Crippen molar-refractivity contribution in [2.24, 2.45) is 5.92 Å². The molecule has 1 aliphatic carbocycles. The Morgan fingerprint density at radius 1 is 1.14 bits per heavy atom. The minimum atomic E-state index is -2.79. The first-order valence-corrected chi connectivity index (χ1v) is 12.6. The summed E-state index contributed by atoms with van der Waals surface area (Å²) in [6.07, 6.45) is 10.5. The van der Waals surface area contributed by atoms with Crippen LogP contribution < -0.4 is 5.32 Å². The number of alkyl halides is 2. The van der Waals surface area contributed by atoms with Crippen LogP contribution in [0.2, 0.25) is 0 Å². The summed E-state index contributed by atoms with van der Waals surface area (Å²) in [4.78, 5) is 18.0. The van der Waals surface area contributed by atoms with Gasteiger partial charge in [-0.05, 0) is 63.4 Å². The average Bonchev–Trinajstić information content (AvgIpc) is 3.55. The lowest BCUT2D eigenvalue weighted by molar-refractivity contribution is -0.00439. The number of fused-ring (bicyclic) bond motifs is 3. The van der Waals surface area contributed by atoms with Gasteiger partial charge in [0.25, 0.3) is 12.3 Å². The van der Waals surface area contributed by atoms with Crippen molar-refractivity contribution < 1.29 is 18.3 Å². The molecular weight excluding hydrogens is 454 g/mol. The molecule has 1 unspecified atom stereocenters. The summed E-state index contributed by atoms with van der Waals surface area (Å²) in [5.41, 5.74) is 1.23. The van der Waals surface area contributed by atoms with Gasteiger partial charge in [-0.2, -0.15) is 10.2 Å². The highest BCUT2D eigenvalue weighted by atomic mass is 19.3. The molecule has 2 aliphatic heterocycles. The van der Waals surface area contributed by atoms with Crippen molar-refractivity contribution >= 4 is 17.2 Å². The van der Waals surface area contributed by atoms with Gasteiger partial charge < -0.3 is 10.1 Å². The Morgan fingerprint density at radius 2 is 1.89 bits per heavy atom. The second-order valence-corrected chi connectivity index (χ2v) is 10.4. The van der Waals surface area contributed by atoms with Gasteiger partial charge in [0.1, 0.15) is 5.56 Å². The molecule has 0 aromatic carbocycles. The third kappa shape index (κ3) is 4.32. The standard InChI is InChI=1S/C25H30F2N6O2/c1-14-2-4-16(5-3-14)33-13-21(22(31-33)23(26)27)30-25(34)19-12-28-32-9-8-20(29-24(19)32)15-10-17-6-7-18(11-15)35-17/h8-9,12-18,23H,2-7,10-11H2,1H3,(H,30,34)/t14-,15?,16-,17-,18+. The molecule has 2 saturated heterocycles. The summed E-state index contributed by atoms with van der Waals surface area (Å²) in [5, 5.41) is 11.1. The summed E-state index contributed by atoms with van der Waals surface area (Å²) in [7, 11) is 0. The summed E-state index contributed by atoms with van der Waals surface area (Å²) in [6.45, 7) is 2.21. The number of carbonyl (C=O) groups is 1. The van der Waals surface area contributed by atoms with Crippen LogP contribution in [0.5, 0.6) is 0 Å². The van der Waals surface area contributed by atoms with E-state index in [0.717, 1.165) is 57.1 Å². The van der Waals surface area contributed by atoms with Gasteiger partial charge in [0.15, 0.2) is 11.3 Å². The van der Waals surface area contributed by atoms with Gasteiger partial charge in [0.2, 0.25) is 0 Å². The Balaban J connectivity index is 1.25. The lowest BCUT2D eigenvalue weighted by Crippen LogP contribution is -2.24. The largest absolute Gasteiger partial charge is 0.375 e. The van der Waals surface area contributed by atoms with E-state index in [2.05, 4.69) is 22.4 Å². The predicted molar refractivity (Wildman–Crippen MR) is 125 cm³/mol. The molecule has 5 heterocycles. The van der Waals surface area contributed by atoms with Gasteiger partial charge in [-0.25, -0.2) is 18.3 Å². The van der Waals surface area contributed by atoms with E-state index < -0.39 is 18.0 Å². The van der Waals surface area contributed by atoms with Crippen LogP contribution in [0.25, 0.3) is 5.65 Å². The molecule has 1 amide bonds. The number of carbonyl (C=O) groups excluding carboxylic acids is 1. The number of rotatable bonds is 5. The molecule has 10 heteroatoms. The zero-order valence-electron chi connectivity index (χ0n) is 19.7. The lowest BCUT2D eigenvalue weighted by atomic mass is 9.87. The molecule has 1 N–H and O–H groups in total. The Hall–Kier alpha value is -2.88. The van der Waals surface area contributed by atoms with Crippen LogP contribution in [-0.2, 0) is 4.74 Å². The fourth-order valence-corrected chi connectivity index (χ4v) is 5.92. The summed E-state index contributed by atoms with van der Waals surface area (Å²) in [5.74, 6) is 0.397. The van der Waals surface area contributed by atoms with E-state index in [1.54, 1.807) is 21.6 Å². The van der Waals surface area contributed by atoms with Crippen LogP contribution in [-0.4, -0.2) is 42.5 Å². The molecule has 0 spiro atoms. The highest BCUT2D eigenvalue weighted by molar-refractivity contribution is 6.08. The SMILES string of the molecule is C[C@H]1CC[C@H](n2cc(NC(=O)c3cnn4ccc(C5C[C@H]6CC[C@@H](C5)O6)nc34)c(C(F)F)n2)CC1. The van der Waals surface area contributed by atoms with Crippen LogP contribution in [0.3, 0.4) is 0 Å². The Kier molecular flexibility index (Phi) is 5.78. The normalized spacial score (nSPS) is 28.6. The Morgan fingerprint density at radius 3 is 2.60 bits per heavy atom. The molecule has 186 valence electrons. The molecular formula is C25H30F2N6O2. The lowest BCUT2D eigenvalue weighted by Gasteiger charge is -2.27. The number of ether oxygens (including phenoxy) is 1. The van der Waals surface area contributed by atoms with Gasteiger partial charge in [-0.15, -0.1) is 0 Å². The van der Waals surface area contributed by atoms with Crippen LogP contribution in [0.15, 0.2) is 24.7 Å². The first kappa shape index (κ1) is 22.6. The zero-order valence-corrected chi connectivity index (χ0v) is 19.7. The second kappa shape index (κ2) is 8.96. The van der Waals surface area contributed by atoms with E-state index in [1.807, 2.05) is 6.07 Å². The maximum Gasteiger partial charge on any atom is 0.284 e. The monoisotopic (exact) mass is 484 g/mol. The van der Waals surface area contributed by atoms with Gasteiger partial charge in [-0.1, -0.05) is 6.92 Å². The van der Waals surface area contributed by atoms with E-state index >= 15 is 0 Å². The van der Waals surface area contributed by atoms with Crippen molar-refractivity contribution in [2.45, 2.75) is 88.9 Å². The highest BCUT2D eigenvalue weighted by Crippen LogP contribution is 2.40. The Bertz CT molecular complexity index is 1220. The number of halogens is 2. The van der Waals surface area contributed by atoms with Gasteiger partial charge in [-0.3, -0.25) is 9.48 Å². The summed E-state index contributed by atoms with van der Waals surface area (Å²) < 4.78 is 36.7. The van der Waals surface area contributed by atoms with Crippen molar-refractivity contribution in [1.29, 1.82) is 0 Å². The van der Waals surface area contributed by atoms with Gasteiger partial charge in [0, 0.05) is 24.0 Å². The number of anilines is 1. The molecule has 3 fully saturated rings. The van der Waals surface area contributed by atoms with Crippen molar-refractivity contribution in [1.82, 2.24) is 24.4 Å². The molecule has 0 radical (unpaired) electrons. The summed E-state index contributed by atoms with van der Waals surface area (Å²) >= 11 is 0. The summed E-state index contributed by atoms with van der Waals surface area (Å²) in [6, 6.07) is 2.02. The van der Waals surface area contributed by atoms with Gasteiger partial charge in [0.05, 0.1) is 30.1 Å². The van der Waals surface area contributed by atoms with E-state index in [0.29, 0.717) is 11.6 Å². The smallest absolute Gasteiger partial charge is 0.284 e. The third-order valence-electron chi connectivity index (χ3n) is 7.92. The minimum absolute atomic E-state index is 0.0418. The van der Waals surface area contributed by atoms with Crippen LogP contribution in [0, 0.1) is 5.92 Å².